The Kier molecular flexibility index (Phi) is 3.46. The van der Waals surface area contributed by atoms with Crippen LogP contribution in [0.5, 0.6) is 5.75 Å². The summed E-state index contributed by atoms with van der Waals surface area (Å²) in [5, 5.41) is 13.3. The first-order chi connectivity index (χ1) is 7.76. The van der Waals surface area contributed by atoms with Crippen molar-refractivity contribution < 1.29 is 9.84 Å². The molecule has 1 aliphatic heterocycles. The van der Waals surface area contributed by atoms with E-state index in [1.165, 1.54) is 6.42 Å². The van der Waals surface area contributed by atoms with E-state index >= 15 is 0 Å². The molecule has 0 saturated carbocycles. The molecule has 2 N–H and O–H groups in total. The zero-order valence-corrected chi connectivity index (χ0v) is 9.70. The summed E-state index contributed by atoms with van der Waals surface area (Å²) in [6, 6.07) is 7.53. The Morgan fingerprint density at radius 1 is 1.44 bits per heavy atom. The first-order valence-electron chi connectivity index (χ1n) is 5.77. The molecule has 0 radical (unpaired) electrons. The second kappa shape index (κ2) is 4.85. The third-order valence-electron chi connectivity index (χ3n) is 3.27. The van der Waals surface area contributed by atoms with E-state index in [0.29, 0.717) is 12.4 Å². The minimum absolute atomic E-state index is 0.00752. The Morgan fingerprint density at radius 3 is 2.88 bits per heavy atom. The Hall–Kier alpha value is -1.06. The van der Waals surface area contributed by atoms with Gasteiger partial charge in [0.25, 0.3) is 0 Å². The van der Waals surface area contributed by atoms with Gasteiger partial charge in [-0.2, -0.15) is 0 Å². The second-order valence-electron chi connectivity index (χ2n) is 4.55. The van der Waals surface area contributed by atoms with Crippen LogP contribution in [0.4, 0.5) is 0 Å². The van der Waals surface area contributed by atoms with Crippen LogP contribution in [0, 0.1) is 0 Å². The number of benzene rings is 1. The second-order valence-corrected chi connectivity index (χ2v) is 4.55. The average Bonchev–Trinajstić information content (AvgIpc) is 2.71. The van der Waals surface area contributed by atoms with E-state index in [1.54, 1.807) is 13.2 Å². The van der Waals surface area contributed by atoms with Gasteiger partial charge in [0.15, 0.2) is 0 Å². The fraction of sp³-hybridized carbons (Fsp3) is 0.538. The third kappa shape index (κ3) is 2.36. The highest BCUT2D eigenvalue weighted by molar-refractivity contribution is 5.33. The van der Waals surface area contributed by atoms with Crippen molar-refractivity contribution in [3.05, 3.63) is 29.8 Å². The lowest BCUT2D eigenvalue weighted by molar-refractivity contribution is 0.119. The van der Waals surface area contributed by atoms with Crippen molar-refractivity contribution in [1.29, 1.82) is 0 Å². The van der Waals surface area contributed by atoms with Crippen molar-refractivity contribution in [2.75, 3.05) is 20.3 Å². The van der Waals surface area contributed by atoms with Crippen molar-refractivity contribution in [3.8, 4) is 5.75 Å². The predicted molar refractivity (Wildman–Crippen MR) is 63.7 cm³/mol. The zero-order valence-electron chi connectivity index (χ0n) is 9.70. The SMILES string of the molecule is COCC1(Cc2ccccc2O)CCCN1. The van der Waals surface area contributed by atoms with Gasteiger partial charge in [-0.3, -0.25) is 0 Å². The van der Waals surface area contributed by atoms with E-state index in [-0.39, 0.29) is 5.54 Å². The van der Waals surface area contributed by atoms with Gasteiger partial charge in [-0.1, -0.05) is 18.2 Å². The number of para-hydroxylation sites is 1. The molecule has 1 unspecified atom stereocenters. The Balaban J connectivity index is 2.14. The van der Waals surface area contributed by atoms with E-state index < -0.39 is 0 Å². The van der Waals surface area contributed by atoms with Gasteiger partial charge in [-0.05, 0) is 37.4 Å². The van der Waals surface area contributed by atoms with Gasteiger partial charge < -0.3 is 15.2 Å². The van der Waals surface area contributed by atoms with Crippen LogP contribution in [-0.4, -0.2) is 30.9 Å². The largest absolute Gasteiger partial charge is 0.508 e. The van der Waals surface area contributed by atoms with Crippen LogP contribution in [0.15, 0.2) is 24.3 Å². The summed E-state index contributed by atoms with van der Waals surface area (Å²) >= 11 is 0. The zero-order chi connectivity index (χ0) is 11.4. The molecule has 88 valence electrons. The van der Waals surface area contributed by atoms with Gasteiger partial charge in [0.2, 0.25) is 0 Å². The summed E-state index contributed by atoms with van der Waals surface area (Å²) in [7, 11) is 1.73. The molecule has 1 aromatic carbocycles. The first kappa shape index (κ1) is 11.4. The summed E-state index contributed by atoms with van der Waals surface area (Å²) in [5.41, 5.74) is 1.00. The Morgan fingerprint density at radius 2 is 2.25 bits per heavy atom. The van der Waals surface area contributed by atoms with Crippen LogP contribution in [-0.2, 0) is 11.2 Å². The van der Waals surface area contributed by atoms with E-state index in [9.17, 15) is 5.11 Å². The molecular weight excluding hydrogens is 202 g/mol. The van der Waals surface area contributed by atoms with Crippen molar-refractivity contribution in [2.45, 2.75) is 24.8 Å². The number of hydrogen-bond acceptors (Lipinski definition) is 3. The van der Waals surface area contributed by atoms with Gasteiger partial charge in [0, 0.05) is 12.6 Å². The molecule has 1 saturated heterocycles. The van der Waals surface area contributed by atoms with E-state index in [4.69, 9.17) is 4.74 Å². The molecule has 0 aromatic heterocycles. The Labute approximate surface area is 96.4 Å². The number of phenolic OH excluding ortho intramolecular Hbond substituents is 1. The van der Waals surface area contributed by atoms with Gasteiger partial charge in [-0.15, -0.1) is 0 Å². The highest BCUT2D eigenvalue weighted by atomic mass is 16.5. The van der Waals surface area contributed by atoms with Gasteiger partial charge in [0.1, 0.15) is 5.75 Å². The molecule has 1 aliphatic rings. The van der Waals surface area contributed by atoms with Crippen LogP contribution < -0.4 is 5.32 Å². The van der Waals surface area contributed by atoms with E-state index in [1.807, 2.05) is 18.2 Å². The van der Waals surface area contributed by atoms with E-state index in [0.717, 1.165) is 24.9 Å². The lowest BCUT2D eigenvalue weighted by atomic mass is 9.89. The number of methoxy groups -OCH3 is 1. The number of ether oxygens (including phenoxy) is 1. The summed E-state index contributed by atoms with van der Waals surface area (Å²) in [4.78, 5) is 0. The topological polar surface area (TPSA) is 41.5 Å². The number of aromatic hydroxyl groups is 1. The van der Waals surface area contributed by atoms with Crippen molar-refractivity contribution in [3.63, 3.8) is 0 Å². The molecule has 0 aliphatic carbocycles. The van der Waals surface area contributed by atoms with Crippen molar-refractivity contribution in [2.24, 2.45) is 0 Å². The monoisotopic (exact) mass is 221 g/mol. The maximum Gasteiger partial charge on any atom is 0.118 e. The predicted octanol–water partition coefficient (Wildman–Crippen LogP) is 1.70. The minimum atomic E-state index is 0.00752. The number of nitrogens with one attached hydrogen (secondary N) is 1. The number of rotatable bonds is 4. The van der Waals surface area contributed by atoms with Crippen LogP contribution >= 0.6 is 0 Å². The lowest BCUT2D eigenvalue weighted by Crippen LogP contribution is -2.46. The molecule has 1 heterocycles. The van der Waals surface area contributed by atoms with Crippen molar-refractivity contribution in [1.82, 2.24) is 5.32 Å². The summed E-state index contributed by atoms with van der Waals surface area (Å²) in [6.07, 6.45) is 3.11. The number of phenols is 1. The first-order valence-corrected chi connectivity index (χ1v) is 5.77. The van der Waals surface area contributed by atoms with Crippen LogP contribution in [0.25, 0.3) is 0 Å². The Bertz CT molecular complexity index is 346. The van der Waals surface area contributed by atoms with Gasteiger partial charge in [-0.25, -0.2) is 0 Å². The van der Waals surface area contributed by atoms with Crippen molar-refractivity contribution >= 4 is 0 Å². The standard InChI is InChI=1S/C13H19NO2/c1-16-10-13(7-4-8-14-13)9-11-5-2-3-6-12(11)15/h2-3,5-6,14-15H,4,7-10H2,1H3. The van der Waals surface area contributed by atoms with E-state index in [2.05, 4.69) is 5.32 Å². The molecule has 16 heavy (non-hydrogen) atoms. The third-order valence-corrected chi connectivity index (χ3v) is 3.27. The molecule has 0 amide bonds. The average molecular weight is 221 g/mol. The van der Waals surface area contributed by atoms with Crippen LogP contribution in [0.3, 0.4) is 0 Å². The fourth-order valence-electron chi connectivity index (χ4n) is 2.50. The summed E-state index contributed by atoms with van der Waals surface area (Å²) in [6.45, 7) is 1.73. The molecule has 1 fully saturated rings. The molecule has 3 nitrogen and oxygen atoms in total. The summed E-state index contributed by atoms with van der Waals surface area (Å²) in [5.74, 6) is 0.381. The fourth-order valence-corrected chi connectivity index (χ4v) is 2.50. The highest BCUT2D eigenvalue weighted by Gasteiger charge is 2.34. The smallest absolute Gasteiger partial charge is 0.118 e. The highest BCUT2D eigenvalue weighted by Crippen LogP contribution is 2.28. The molecular formula is C13H19NO2. The summed E-state index contributed by atoms with van der Waals surface area (Å²) < 4.78 is 5.30. The molecule has 1 atom stereocenters. The molecule has 0 bridgehead atoms. The molecule has 0 spiro atoms. The molecule has 3 heteroatoms. The maximum atomic E-state index is 9.78. The molecule has 1 aromatic rings. The van der Waals surface area contributed by atoms with Gasteiger partial charge in [0.05, 0.1) is 6.61 Å². The number of hydrogen-bond donors (Lipinski definition) is 2. The minimum Gasteiger partial charge on any atom is -0.508 e. The quantitative estimate of drug-likeness (QED) is 0.813. The lowest BCUT2D eigenvalue weighted by Gasteiger charge is -2.29. The van der Waals surface area contributed by atoms with Crippen LogP contribution in [0.1, 0.15) is 18.4 Å². The van der Waals surface area contributed by atoms with Crippen LogP contribution in [0.2, 0.25) is 0 Å². The maximum absolute atomic E-state index is 9.78. The van der Waals surface area contributed by atoms with Gasteiger partial charge >= 0.3 is 0 Å². The normalized spacial score (nSPS) is 24.8. The molecule has 2 rings (SSSR count).